The van der Waals surface area contributed by atoms with Gasteiger partial charge in [0.2, 0.25) is 0 Å². The predicted octanol–water partition coefficient (Wildman–Crippen LogP) is 1.82. The number of carbonyl (C=O) groups is 1. The topological polar surface area (TPSA) is 73.6 Å². The number of carbonyl (C=O) groups excluding carboxylic acids is 1. The molecule has 0 aliphatic heterocycles. The van der Waals surface area contributed by atoms with Gasteiger partial charge < -0.3 is 10.5 Å². The van der Waals surface area contributed by atoms with Gasteiger partial charge in [0.05, 0.1) is 6.10 Å². The number of rotatable bonds is 5. The van der Waals surface area contributed by atoms with Gasteiger partial charge in [-0.15, -0.1) is 0 Å². The molecule has 0 spiro atoms. The van der Waals surface area contributed by atoms with Gasteiger partial charge in [0, 0.05) is 0 Å². The van der Waals surface area contributed by atoms with Crippen molar-refractivity contribution in [3.05, 3.63) is 0 Å². The quantitative estimate of drug-likeness (QED) is 0.709. The maximum absolute atomic E-state index is 11.3. The van der Waals surface area contributed by atoms with Crippen LogP contribution < -0.4 is 11.2 Å². The van der Waals surface area contributed by atoms with E-state index in [4.69, 9.17) is 15.3 Å². The third kappa shape index (κ3) is 7.48. The predicted molar refractivity (Wildman–Crippen MR) is 62.8 cm³/mol. The number of hydrogen-bond donors (Lipinski definition) is 2. The van der Waals surface area contributed by atoms with E-state index >= 15 is 0 Å². The lowest BCUT2D eigenvalue weighted by Gasteiger charge is -2.23. The van der Waals surface area contributed by atoms with Gasteiger partial charge in [-0.1, -0.05) is 13.8 Å². The number of amides is 1. The Morgan fingerprint density at radius 1 is 1.38 bits per heavy atom. The van der Waals surface area contributed by atoms with Crippen LogP contribution in [-0.4, -0.2) is 24.3 Å². The molecule has 0 fully saturated rings. The van der Waals surface area contributed by atoms with E-state index in [1.165, 1.54) is 0 Å². The van der Waals surface area contributed by atoms with E-state index in [1.54, 1.807) is 20.8 Å². The standard InChI is InChI=1S/C11H24N2O3/c1-8(2)9(6-7-12)16-13-10(14)15-11(3,4)5/h8-9H,6-7,12H2,1-5H3,(H,13,14). The second-order valence-corrected chi connectivity index (χ2v) is 5.08. The molecule has 0 saturated carbocycles. The Labute approximate surface area is 97.6 Å². The van der Waals surface area contributed by atoms with Crippen molar-refractivity contribution in [2.75, 3.05) is 6.54 Å². The fourth-order valence-corrected chi connectivity index (χ4v) is 1.12. The first-order valence-corrected chi connectivity index (χ1v) is 5.61. The van der Waals surface area contributed by atoms with E-state index in [1.807, 2.05) is 13.8 Å². The highest BCUT2D eigenvalue weighted by molar-refractivity contribution is 5.66. The molecule has 5 heteroatoms. The Balaban J connectivity index is 3.97. The molecular formula is C11H24N2O3. The Bertz CT molecular complexity index is 212. The average Bonchev–Trinajstić information content (AvgIpc) is 2.08. The molecule has 0 aromatic rings. The third-order valence-electron chi connectivity index (χ3n) is 1.89. The van der Waals surface area contributed by atoms with Crippen LogP contribution in [0.2, 0.25) is 0 Å². The number of hydrogen-bond acceptors (Lipinski definition) is 4. The van der Waals surface area contributed by atoms with Crippen molar-refractivity contribution in [3.8, 4) is 0 Å². The maximum Gasteiger partial charge on any atom is 0.431 e. The Hall–Kier alpha value is -0.810. The van der Waals surface area contributed by atoms with Crippen molar-refractivity contribution < 1.29 is 14.4 Å². The minimum atomic E-state index is -0.574. The van der Waals surface area contributed by atoms with Crippen molar-refractivity contribution in [3.63, 3.8) is 0 Å². The molecule has 0 heterocycles. The lowest BCUT2D eigenvalue weighted by atomic mass is 10.0. The van der Waals surface area contributed by atoms with Crippen LogP contribution in [0.5, 0.6) is 0 Å². The summed E-state index contributed by atoms with van der Waals surface area (Å²) in [7, 11) is 0. The summed E-state index contributed by atoms with van der Waals surface area (Å²) in [6, 6.07) is 0. The van der Waals surface area contributed by atoms with Gasteiger partial charge in [-0.05, 0) is 39.7 Å². The minimum Gasteiger partial charge on any atom is -0.442 e. The normalized spacial score (nSPS) is 13.7. The van der Waals surface area contributed by atoms with Gasteiger partial charge in [-0.3, -0.25) is 4.84 Å². The van der Waals surface area contributed by atoms with Crippen LogP contribution in [0, 0.1) is 5.92 Å². The van der Waals surface area contributed by atoms with Gasteiger partial charge in [0.1, 0.15) is 5.60 Å². The highest BCUT2D eigenvalue weighted by Crippen LogP contribution is 2.10. The molecule has 0 aromatic heterocycles. The zero-order valence-electron chi connectivity index (χ0n) is 10.9. The van der Waals surface area contributed by atoms with E-state index in [0.29, 0.717) is 18.9 Å². The molecule has 0 radical (unpaired) electrons. The molecule has 16 heavy (non-hydrogen) atoms. The number of nitrogens with two attached hydrogens (primary N) is 1. The van der Waals surface area contributed by atoms with E-state index < -0.39 is 11.7 Å². The Kier molecular flexibility index (Phi) is 6.36. The molecule has 0 saturated heterocycles. The first kappa shape index (κ1) is 15.2. The average molecular weight is 232 g/mol. The van der Waals surface area contributed by atoms with Crippen LogP contribution in [0.4, 0.5) is 4.79 Å². The molecule has 3 N–H and O–H groups in total. The van der Waals surface area contributed by atoms with Gasteiger partial charge in [-0.2, -0.15) is 5.48 Å². The van der Waals surface area contributed by atoms with Crippen LogP contribution >= 0.6 is 0 Å². The summed E-state index contributed by atoms with van der Waals surface area (Å²) in [5.41, 5.74) is 7.22. The van der Waals surface area contributed by atoms with Crippen LogP contribution in [0.25, 0.3) is 0 Å². The van der Waals surface area contributed by atoms with Crippen LogP contribution in [-0.2, 0) is 9.57 Å². The maximum atomic E-state index is 11.3. The third-order valence-corrected chi connectivity index (χ3v) is 1.89. The lowest BCUT2D eigenvalue weighted by Crippen LogP contribution is -2.37. The first-order chi connectivity index (χ1) is 7.26. The molecule has 1 amide bonds. The SMILES string of the molecule is CC(C)C(CCN)ONC(=O)OC(C)(C)C. The Morgan fingerprint density at radius 3 is 2.31 bits per heavy atom. The highest BCUT2D eigenvalue weighted by Gasteiger charge is 2.19. The molecule has 5 nitrogen and oxygen atoms in total. The fraction of sp³-hybridized carbons (Fsp3) is 0.909. The highest BCUT2D eigenvalue weighted by atomic mass is 16.7. The van der Waals surface area contributed by atoms with Gasteiger partial charge in [0.15, 0.2) is 0 Å². The van der Waals surface area contributed by atoms with E-state index in [0.717, 1.165) is 0 Å². The second-order valence-electron chi connectivity index (χ2n) is 5.08. The number of ether oxygens (including phenoxy) is 1. The van der Waals surface area contributed by atoms with Crippen LogP contribution in [0.3, 0.4) is 0 Å². The summed E-state index contributed by atoms with van der Waals surface area (Å²) in [5.74, 6) is 0.290. The van der Waals surface area contributed by atoms with Crippen molar-refractivity contribution in [2.24, 2.45) is 11.7 Å². The van der Waals surface area contributed by atoms with E-state index in [2.05, 4.69) is 5.48 Å². The van der Waals surface area contributed by atoms with Crippen molar-refractivity contribution in [1.82, 2.24) is 5.48 Å². The monoisotopic (exact) mass is 232 g/mol. The van der Waals surface area contributed by atoms with Crippen molar-refractivity contribution >= 4 is 6.09 Å². The second kappa shape index (κ2) is 6.70. The smallest absolute Gasteiger partial charge is 0.431 e. The molecule has 0 aromatic carbocycles. The van der Waals surface area contributed by atoms with E-state index in [-0.39, 0.29) is 6.10 Å². The zero-order chi connectivity index (χ0) is 12.8. The molecule has 0 aliphatic carbocycles. The molecule has 1 unspecified atom stereocenters. The van der Waals surface area contributed by atoms with Crippen molar-refractivity contribution in [1.29, 1.82) is 0 Å². The summed E-state index contributed by atoms with van der Waals surface area (Å²) >= 11 is 0. The van der Waals surface area contributed by atoms with Gasteiger partial charge >= 0.3 is 6.09 Å². The van der Waals surface area contributed by atoms with E-state index in [9.17, 15) is 4.79 Å². The van der Waals surface area contributed by atoms with Crippen LogP contribution in [0.1, 0.15) is 41.0 Å². The molecule has 0 aliphatic rings. The zero-order valence-corrected chi connectivity index (χ0v) is 10.9. The molecule has 96 valence electrons. The minimum absolute atomic E-state index is 0.0856. The lowest BCUT2D eigenvalue weighted by molar-refractivity contribution is -0.0598. The van der Waals surface area contributed by atoms with Crippen molar-refractivity contribution in [2.45, 2.75) is 52.7 Å². The van der Waals surface area contributed by atoms with Crippen LogP contribution in [0.15, 0.2) is 0 Å². The Morgan fingerprint density at radius 2 is 1.94 bits per heavy atom. The fourth-order valence-electron chi connectivity index (χ4n) is 1.12. The summed E-state index contributed by atoms with van der Waals surface area (Å²) in [6.45, 7) is 9.94. The van der Waals surface area contributed by atoms with Gasteiger partial charge in [0.25, 0.3) is 0 Å². The first-order valence-electron chi connectivity index (χ1n) is 5.61. The summed E-state index contributed by atoms with van der Waals surface area (Å²) in [5, 5.41) is 0. The molecule has 0 bridgehead atoms. The number of hydroxylamine groups is 1. The largest absolute Gasteiger partial charge is 0.442 e. The summed E-state index contributed by atoms with van der Waals surface area (Å²) < 4.78 is 5.04. The summed E-state index contributed by atoms with van der Waals surface area (Å²) in [6.07, 6.45) is 0.0423. The molecule has 0 rings (SSSR count). The number of nitrogens with one attached hydrogen (secondary N) is 1. The molecule has 1 atom stereocenters. The van der Waals surface area contributed by atoms with Gasteiger partial charge in [-0.25, -0.2) is 4.79 Å². The molecular weight excluding hydrogens is 208 g/mol. The summed E-state index contributed by atoms with van der Waals surface area (Å²) in [4.78, 5) is 16.5.